The molecule has 2 rings (SSSR count). The van der Waals surface area contributed by atoms with Crippen molar-refractivity contribution in [3.63, 3.8) is 0 Å². The highest BCUT2D eigenvalue weighted by Crippen LogP contribution is 2.52. The van der Waals surface area contributed by atoms with E-state index in [0.29, 0.717) is 12.3 Å². The van der Waals surface area contributed by atoms with Crippen LogP contribution in [0.3, 0.4) is 0 Å². The average Bonchev–Trinajstić information content (AvgIpc) is 2.87. The zero-order valence-electron chi connectivity index (χ0n) is 15.8. The van der Waals surface area contributed by atoms with Crippen molar-refractivity contribution in [2.75, 3.05) is 13.1 Å². The lowest BCUT2D eigenvalue weighted by molar-refractivity contribution is -0.244. The Bertz CT molecular complexity index is 870. The van der Waals surface area contributed by atoms with Gasteiger partial charge in [0.2, 0.25) is 0 Å². The van der Waals surface area contributed by atoms with E-state index in [0.717, 1.165) is 37.7 Å². The molecular formula is C16H22ClF6NO4S2. The highest BCUT2D eigenvalue weighted by molar-refractivity contribution is 8.14. The molecule has 0 N–H and O–H groups in total. The van der Waals surface area contributed by atoms with Crippen molar-refractivity contribution in [2.24, 2.45) is 5.92 Å². The van der Waals surface area contributed by atoms with Gasteiger partial charge in [-0.2, -0.15) is 30.6 Å². The summed E-state index contributed by atoms with van der Waals surface area (Å²) >= 11 is 0. The Morgan fingerprint density at radius 1 is 0.933 bits per heavy atom. The molecule has 1 heterocycles. The minimum Gasteiger partial charge on any atom is -0.206 e. The van der Waals surface area contributed by atoms with Crippen LogP contribution >= 0.6 is 10.7 Å². The summed E-state index contributed by atoms with van der Waals surface area (Å²) < 4.78 is 129. The Morgan fingerprint density at radius 2 is 1.50 bits per heavy atom. The normalized spacial score (nSPS) is 21.9. The van der Waals surface area contributed by atoms with Crippen molar-refractivity contribution in [2.45, 2.75) is 67.8 Å². The van der Waals surface area contributed by atoms with Crippen LogP contribution in [0.1, 0.15) is 51.4 Å². The molecule has 0 aromatic rings. The molecule has 176 valence electrons. The predicted octanol–water partition coefficient (Wildman–Crippen LogP) is 4.70. The fourth-order valence-electron chi connectivity index (χ4n) is 3.73. The molecule has 5 nitrogen and oxygen atoms in total. The minimum absolute atomic E-state index is 0.00219. The van der Waals surface area contributed by atoms with Gasteiger partial charge in [0.25, 0.3) is 10.0 Å². The SMILES string of the molecule is O=S(=O)(Cl)C(F)(F)C(F)(F)C(F)(F)S(=O)(=O)N1CCC=C(CC2CCCCC2)CC1. The number of hydrogen-bond acceptors (Lipinski definition) is 4. The third-order valence-corrected chi connectivity index (χ3v) is 8.87. The summed E-state index contributed by atoms with van der Waals surface area (Å²) in [6, 6.07) is 0. The first-order chi connectivity index (χ1) is 13.6. The van der Waals surface area contributed by atoms with Gasteiger partial charge < -0.3 is 0 Å². The maximum atomic E-state index is 14.2. The number of sulfonamides is 1. The standard InChI is InChI=1S/C16H22ClF6NO4S2/c17-29(25,26)15(20,21)14(18,19)16(22,23)30(27,28)24-9-4-7-13(8-10-24)11-12-5-2-1-3-6-12/h7,12H,1-6,8-11H2. The van der Waals surface area contributed by atoms with Gasteiger partial charge in [-0.1, -0.05) is 43.8 Å². The van der Waals surface area contributed by atoms with E-state index in [2.05, 4.69) is 10.7 Å². The summed E-state index contributed by atoms with van der Waals surface area (Å²) in [5.74, 6) is -6.42. The molecule has 30 heavy (non-hydrogen) atoms. The summed E-state index contributed by atoms with van der Waals surface area (Å²) in [4.78, 5) is 0. The van der Waals surface area contributed by atoms with Crippen LogP contribution in [0.4, 0.5) is 26.3 Å². The van der Waals surface area contributed by atoms with Gasteiger partial charge in [-0.3, -0.25) is 0 Å². The molecule has 0 atom stereocenters. The third kappa shape index (κ3) is 4.63. The van der Waals surface area contributed by atoms with Crippen molar-refractivity contribution in [1.29, 1.82) is 0 Å². The second-order valence-corrected chi connectivity index (χ2v) is 12.1. The molecule has 0 radical (unpaired) electrons. The van der Waals surface area contributed by atoms with E-state index < -0.39 is 48.6 Å². The maximum Gasteiger partial charge on any atom is 0.428 e. The van der Waals surface area contributed by atoms with E-state index in [9.17, 15) is 43.2 Å². The summed E-state index contributed by atoms with van der Waals surface area (Å²) in [6.45, 7) is -1.23. The fourth-order valence-corrected chi connectivity index (χ4v) is 5.97. The van der Waals surface area contributed by atoms with Crippen molar-refractivity contribution in [3.05, 3.63) is 11.6 Å². The second kappa shape index (κ2) is 8.78. The maximum absolute atomic E-state index is 14.2. The van der Waals surface area contributed by atoms with E-state index in [1.165, 1.54) is 0 Å². The number of rotatable bonds is 7. The summed E-state index contributed by atoms with van der Waals surface area (Å²) in [7, 11) is -8.70. The number of nitrogens with zero attached hydrogens (tertiary/aromatic N) is 1. The monoisotopic (exact) mass is 505 g/mol. The van der Waals surface area contributed by atoms with E-state index >= 15 is 0 Å². The predicted molar refractivity (Wildman–Crippen MR) is 98.6 cm³/mol. The van der Waals surface area contributed by atoms with Crippen molar-refractivity contribution in [1.82, 2.24) is 4.31 Å². The van der Waals surface area contributed by atoms with Gasteiger partial charge in [-0.05, 0) is 25.2 Å². The molecule has 1 aliphatic heterocycles. The Kier molecular flexibility index (Phi) is 7.53. The van der Waals surface area contributed by atoms with Crippen LogP contribution in [0.5, 0.6) is 0 Å². The molecule has 14 heteroatoms. The molecule has 0 aromatic carbocycles. The molecule has 0 bridgehead atoms. The lowest BCUT2D eigenvalue weighted by Gasteiger charge is -2.33. The lowest BCUT2D eigenvalue weighted by Crippen LogP contribution is -2.62. The fraction of sp³-hybridized carbons (Fsp3) is 0.875. The van der Waals surface area contributed by atoms with Crippen molar-refractivity contribution < 1.29 is 43.2 Å². The summed E-state index contributed by atoms with van der Waals surface area (Å²) in [5.41, 5.74) is 0.795. The Balaban J connectivity index is 2.20. The molecule has 0 saturated heterocycles. The van der Waals surface area contributed by atoms with E-state index in [4.69, 9.17) is 0 Å². The van der Waals surface area contributed by atoms with Crippen LogP contribution in [0.2, 0.25) is 0 Å². The molecule has 2 aliphatic rings. The molecule has 1 saturated carbocycles. The van der Waals surface area contributed by atoms with Gasteiger partial charge in [-0.15, -0.1) is 0 Å². The van der Waals surface area contributed by atoms with E-state index in [1.807, 2.05) is 0 Å². The molecule has 0 unspecified atom stereocenters. The Morgan fingerprint density at radius 3 is 2.03 bits per heavy atom. The van der Waals surface area contributed by atoms with Crippen LogP contribution in [0, 0.1) is 5.92 Å². The number of halogens is 7. The quantitative estimate of drug-likeness (QED) is 0.286. The highest BCUT2D eigenvalue weighted by Gasteiger charge is 2.82. The third-order valence-electron chi connectivity index (χ3n) is 5.47. The van der Waals surface area contributed by atoms with Crippen LogP contribution in [0.15, 0.2) is 11.6 Å². The Hall–Kier alpha value is -0.530. The second-order valence-electron chi connectivity index (χ2n) is 7.56. The van der Waals surface area contributed by atoms with Crippen LogP contribution in [-0.2, 0) is 19.1 Å². The zero-order valence-corrected chi connectivity index (χ0v) is 18.2. The van der Waals surface area contributed by atoms with E-state index in [-0.39, 0.29) is 17.1 Å². The van der Waals surface area contributed by atoms with Gasteiger partial charge in [0.1, 0.15) is 0 Å². The molecule has 0 amide bonds. The van der Waals surface area contributed by atoms with Gasteiger partial charge in [0.05, 0.1) is 0 Å². The number of hydrogen-bond donors (Lipinski definition) is 0. The van der Waals surface area contributed by atoms with Crippen LogP contribution in [0.25, 0.3) is 0 Å². The summed E-state index contributed by atoms with van der Waals surface area (Å²) in [5, 5.41) is -12.9. The molecule has 1 aliphatic carbocycles. The van der Waals surface area contributed by atoms with E-state index in [1.54, 1.807) is 6.08 Å². The minimum atomic E-state index is -6.79. The van der Waals surface area contributed by atoms with Crippen molar-refractivity contribution >= 4 is 29.8 Å². The molecular weight excluding hydrogens is 484 g/mol. The van der Waals surface area contributed by atoms with Crippen LogP contribution < -0.4 is 0 Å². The van der Waals surface area contributed by atoms with Gasteiger partial charge in [-0.25, -0.2) is 16.8 Å². The first kappa shape index (κ1) is 25.7. The largest absolute Gasteiger partial charge is 0.428 e. The molecule has 0 aromatic heterocycles. The smallest absolute Gasteiger partial charge is 0.206 e. The first-order valence-corrected chi connectivity index (χ1v) is 13.1. The van der Waals surface area contributed by atoms with Gasteiger partial charge in [0, 0.05) is 23.8 Å². The summed E-state index contributed by atoms with van der Waals surface area (Å²) in [6.07, 6.45) is 7.38. The lowest BCUT2D eigenvalue weighted by atomic mass is 9.84. The van der Waals surface area contributed by atoms with Crippen molar-refractivity contribution in [3.8, 4) is 0 Å². The highest BCUT2D eigenvalue weighted by atomic mass is 35.7. The van der Waals surface area contributed by atoms with Gasteiger partial charge >= 0.3 is 25.5 Å². The zero-order chi connectivity index (χ0) is 23.0. The molecule has 0 spiro atoms. The van der Waals surface area contributed by atoms with Gasteiger partial charge in [0.15, 0.2) is 0 Å². The topological polar surface area (TPSA) is 71.5 Å². The molecule has 1 fully saturated rings. The number of alkyl halides is 6. The Labute approximate surface area is 175 Å². The average molecular weight is 506 g/mol. The van der Waals surface area contributed by atoms with Crippen LogP contribution in [-0.4, -0.2) is 50.7 Å². The first-order valence-electron chi connectivity index (χ1n) is 9.31.